The fourth-order valence-electron chi connectivity index (χ4n) is 1.90. The van der Waals surface area contributed by atoms with Crippen LogP contribution in [0.4, 0.5) is 0 Å². The van der Waals surface area contributed by atoms with Crippen molar-refractivity contribution >= 4 is 0 Å². The number of nitrogens with one attached hydrogen (secondary N) is 1. The first-order valence-electron chi connectivity index (χ1n) is 6.16. The van der Waals surface area contributed by atoms with E-state index in [1.54, 1.807) is 0 Å². The SMILES string of the molecule is CC[C@@H](C)[C@@H](C)NCC(C)(C)CN(C)C. The minimum absolute atomic E-state index is 0.352. The van der Waals surface area contributed by atoms with E-state index in [0.717, 1.165) is 19.0 Å². The first-order chi connectivity index (χ1) is 6.78. The van der Waals surface area contributed by atoms with Crippen LogP contribution in [0.1, 0.15) is 41.0 Å². The van der Waals surface area contributed by atoms with E-state index < -0.39 is 0 Å². The lowest BCUT2D eigenvalue weighted by Gasteiger charge is -2.31. The van der Waals surface area contributed by atoms with E-state index in [0.29, 0.717) is 11.5 Å². The fourth-order valence-corrected chi connectivity index (χ4v) is 1.90. The summed E-state index contributed by atoms with van der Waals surface area (Å²) < 4.78 is 0. The molecular weight excluding hydrogens is 184 g/mol. The van der Waals surface area contributed by atoms with Gasteiger partial charge >= 0.3 is 0 Å². The lowest BCUT2D eigenvalue weighted by molar-refractivity contribution is 0.218. The van der Waals surface area contributed by atoms with Gasteiger partial charge in [-0.1, -0.05) is 34.1 Å². The molecule has 0 radical (unpaired) electrons. The fraction of sp³-hybridized carbons (Fsp3) is 1.00. The highest BCUT2D eigenvalue weighted by atomic mass is 15.1. The Morgan fingerprint density at radius 3 is 2.13 bits per heavy atom. The largest absolute Gasteiger partial charge is 0.313 e. The van der Waals surface area contributed by atoms with Gasteiger partial charge in [-0.3, -0.25) is 0 Å². The van der Waals surface area contributed by atoms with Crippen molar-refractivity contribution in [2.75, 3.05) is 27.2 Å². The van der Waals surface area contributed by atoms with Crippen LogP contribution >= 0.6 is 0 Å². The third-order valence-electron chi connectivity index (χ3n) is 3.14. The maximum atomic E-state index is 3.65. The Hall–Kier alpha value is -0.0800. The zero-order chi connectivity index (χ0) is 12.1. The smallest absolute Gasteiger partial charge is 0.00644 e. The maximum absolute atomic E-state index is 3.65. The van der Waals surface area contributed by atoms with Gasteiger partial charge in [0.1, 0.15) is 0 Å². The summed E-state index contributed by atoms with van der Waals surface area (Å²) in [6.07, 6.45) is 1.25. The predicted octanol–water partition coefficient (Wildman–Crippen LogP) is 2.60. The van der Waals surface area contributed by atoms with Gasteiger partial charge in [0.15, 0.2) is 0 Å². The third-order valence-corrected chi connectivity index (χ3v) is 3.14. The van der Waals surface area contributed by atoms with Gasteiger partial charge in [0.25, 0.3) is 0 Å². The van der Waals surface area contributed by atoms with E-state index in [2.05, 4.69) is 58.9 Å². The molecule has 1 N–H and O–H groups in total. The van der Waals surface area contributed by atoms with Crippen LogP contribution in [0.25, 0.3) is 0 Å². The topological polar surface area (TPSA) is 15.3 Å². The lowest BCUT2D eigenvalue weighted by Crippen LogP contribution is -2.42. The van der Waals surface area contributed by atoms with Gasteiger partial charge in [-0.15, -0.1) is 0 Å². The molecule has 0 spiro atoms. The second kappa shape index (κ2) is 6.49. The highest BCUT2D eigenvalue weighted by molar-refractivity contribution is 4.77. The molecule has 92 valence electrons. The quantitative estimate of drug-likeness (QED) is 0.701. The summed E-state index contributed by atoms with van der Waals surface area (Å²) in [5, 5.41) is 3.65. The summed E-state index contributed by atoms with van der Waals surface area (Å²) >= 11 is 0. The molecule has 0 aliphatic heterocycles. The van der Waals surface area contributed by atoms with Gasteiger partial charge in [0, 0.05) is 19.1 Å². The molecule has 0 fully saturated rings. The minimum Gasteiger partial charge on any atom is -0.313 e. The van der Waals surface area contributed by atoms with Crippen LogP contribution in [0.5, 0.6) is 0 Å². The van der Waals surface area contributed by atoms with Crippen LogP contribution < -0.4 is 5.32 Å². The lowest BCUT2D eigenvalue weighted by atomic mass is 9.91. The van der Waals surface area contributed by atoms with Crippen LogP contribution in [-0.4, -0.2) is 38.1 Å². The van der Waals surface area contributed by atoms with E-state index >= 15 is 0 Å². The molecular formula is C13H30N2. The standard InChI is InChI=1S/C13H30N2/c1-8-11(2)12(3)14-9-13(4,5)10-15(6)7/h11-12,14H,8-10H2,1-7H3/t11-,12-/m1/s1. The van der Waals surface area contributed by atoms with Crippen molar-refractivity contribution < 1.29 is 0 Å². The Morgan fingerprint density at radius 2 is 1.73 bits per heavy atom. The molecule has 2 nitrogen and oxygen atoms in total. The van der Waals surface area contributed by atoms with Crippen LogP contribution in [0.3, 0.4) is 0 Å². The normalized spacial score (nSPS) is 16.8. The number of hydrogen-bond donors (Lipinski definition) is 1. The summed E-state index contributed by atoms with van der Waals surface area (Å²) in [6, 6.07) is 0.622. The average molecular weight is 214 g/mol. The van der Waals surface area contributed by atoms with Crippen molar-refractivity contribution in [3.8, 4) is 0 Å². The monoisotopic (exact) mass is 214 g/mol. The van der Waals surface area contributed by atoms with Crippen molar-refractivity contribution in [2.45, 2.75) is 47.1 Å². The first-order valence-corrected chi connectivity index (χ1v) is 6.16. The summed E-state index contributed by atoms with van der Waals surface area (Å²) in [4.78, 5) is 2.26. The third kappa shape index (κ3) is 6.91. The van der Waals surface area contributed by atoms with Crippen LogP contribution in [0.15, 0.2) is 0 Å². The van der Waals surface area contributed by atoms with E-state index in [1.807, 2.05) is 0 Å². The molecule has 0 rings (SSSR count). The molecule has 0 aliphatic carbocycles. The molecule has 0 heterocycles. The Morgan fingerprint density at radius 1 is 1.20 bits per heavy atom. The van der Waals surface area contributed by atoms with Gasteiger partial charge in [-0.25, -0.2) is 0 Å². The second-order valence-corrected chi connectivity index (χ2v) is 5.96. The van der Waals surface area contributed by atoms with Gasteiger partial charge < -0.3 is 10.2 Å². The first kappa shape index (κ1) is 14.9. The summed E-state index contributed by atoms with van der Waals surface area (Å²) in [5.41, 5.74) is 0.352. The molecule has 0 aromatic rings. The van der Waals surface area contributed by atoms with Gasteiger partial charge in [-0.05, 0) is 32.4 Å². The van der Waals surface area contributed by atoms with Gasteiger partial charge in [-0.2, -0.15) is 0 Å². The van der Waals surface area contributed by atoms with Crippen LogP contribution in [-0.2, 0) is 0 Å². The van der Waals surface area contributed by atoms with E-state index in [-0.39, 0.29) is 0 Å². The number of hydrogen-bond acceptors (Lipinski definition) is 2. The Balaban J connectivity index is 3.92. The molecule has 0 saturated carbocycles. The minimum atomic E-state index is 0.352. The van der Waals surface area contributed by atoms with Crippen molar-refractivity contribution in [1.29, 1.82) is 0 Å². The average Bonchev–Trinajstić information content (AvgIpc) is 2.11. The molecule has 0 bridgehead atoms. The molecule has 0 aromatic heterocycles. The number of nitrogens with zero attached hydrogens (tertiary/aromatic N) is 1. The van der Waals surface area contributed by atoms with E-state index in [9.17, 15) is 0 Å². The second-order valence-electron chi connectivity index (χ2n) is 5.96. The molecule has 2 heteroatoms. The Bertz CT molecular complexity index is 164. The van der Waals surface area contributed by atoms with Crippen molar-refractivity contribution in [3.63, 3.8) is 0 Å². The molecule has 0 aromatic carbocycles. The predicted molar refractivity (Wildman–Crippen MR) is 69.3 cm³/mol. The van der Waals surface area contributed by atoms with Gasteiger partial charge in [0.05, 0.1) is 0 Å². The van der Waals surface area contributed by atoms with E-state index in [4.69, 9.17) is 0 Å². The summed E-state index contributed by atoms with van der Waals surface area (Å²) in [7, 11) is 4.28. The zero-order valence-electron chi connectivity index (χ0n) is 11.7. The molecule has 0 aliphatic rings. The molecule has 15 heavy (non-hydrogen) atoms. The zero-order valence-corrected chi connectivity index (χ0v) is 11.7. The molecule has 2 atom stereocenters. The van der Waals surface area contributed by atoms with E-state index in [1.165, 1.54) is 6.42 Å². The van der Waals surface area contributed by atoms with Crippen molar-refractivity contribution in [2.24, 2.45) is 11.3 Å². The molecule has 0 amide bonds. The Labute approximate surface area is 96.4 Å². The van der Waals surface area contributed by atoms with Crippen LogP contribution in [0, 0.1) is 11.3 Å². The summed E-state index contributed by atoms with van der Waals surface area (Å²) in [6.45, 7) is 13.7. The highest BCUT2D eigenvalue weighted by Crippen LogP contribution is 2.16. The number of rotatable bonds is 7. The molecule has 0 saturated heterocycles. The Kier molecular flexibility index (Phi) is 6.46. The maximum Gasteiger partial charge on any atom is 0.00644 e. The van der Waals surface area contributed by atoms with Crippen molar-refractivity contribution in [1.82, 2.24) is 10.2 Å². The highest BCUT2D eigenvalue weighted by Gasteiger charge is 2.20. The van der Waals surface area contributed by atoms with Crippen molar-refractivity contribution in [3.05, 3.63) is 0 Å². The summed E-state index contributed by atoms with van der Waals surface area (Å²) in [5.74, 6) is 0.764. The van der Waals surface area contributed by atoms with Gasteiger partial charge in [0.2, 0.25) is 0 Å². The van der Waals surface area contributed by atoms with Crippen LogP contribution in [0.2, 0.25) is 0 Å². The molecule has 0 unspecified atom stereocenters.